The van der Waals surface area contributed by atoms with Crippen molar-refractivity contribution < 1.29 is 9.59 Å². The quantitative estimate of drug-likeness (QED) is 0.905. The van der Waals surface area contributed by atoms with Crippen LogP contribution in [-0.2, 0) is 4.79 Å². The molecule has 0 bridgehead atoms. The maximum Gasteiger partial charge on any atom is 0.251 e. The normalized spacial score (nSPS) is 20.1. The summed E-state index contributed by atoms with van der Waals surface area (Å²) in [7, 11) is 0. The molecular weight excluding hydrogens is 324 g/mol. The summed E-state index contributed by atoms with van der Waals surface area (Å²) in [4.78, 5) is 27.3. The standard InChI is InChI=1S/C19H25ClN2O2/c1-13(2)16(21-17(23)14-3-5-15(20)6-4-14)18(24)22-11-9-19(7-8-19)10-12-22/h3-6,13,16H,7-12H2,1-2H3,(H,21,23). The van der Waals surface area contributed by atoms with E-state index in [1.807, 2.05) is 18.7 Å². The lowest BCUT2D eigenvalue weighted by atomic mass is 9.92. The molecule has 5 heteroatoms. The maximum absolute atomic E-state index is 12.9. The molecule has 2 aliphatic rings. The number of hydrogen-bond donors (Lipinski definition) is 1. The number of benzene rings is 1. The van der Waals surface area contributed by atoms with Crippen molar-refractivity contribution in [3.05, 3.63) is 34.9 Å². The molecule has 1 aromatic rings. The molecule has 0 radical (unpaired) electrons. The highest BCUT2D eigenvalue weighted by Gasteiger charge is 2.45. The van der Waals surface area contributed by atoms with Gasteiger partial charge in [0, 0.05) is 23.7 Å². The van der Waals surface area contributed by atoms with Crippen LogP contribution in [0.15, 0.2) is 24.3 Å². The fourth-order valence-electron chi connectivity index (χ4n) is 3.41. The fraction of sp³-hybridized carbons (Fsp3) is 0.579. The summed E-state index contributed by atoms with van der Waals surface area (Å²) >= 11 is 5.86. The highest BCUT2D eigenvalue weighted by Crippen LogP contribution is 2.53. The number of nitrogens with one attached hydrogen (secondary N) is 1. The van der Waals surface area contributed by atoms with Gasteiger partial charge in [0.05, 0.1) is 0 Å². The number of hydrogen-bond acceptors (Lipinski definition) is 2. The number of likely N-dealkylation sites (tertiary alicyclic amines) is 1. The Morgan fingerprint density at radius 3 is 2.17 bits per heavy atom. The van der Waals surface area contributed by atoms with Crippen LogP contribution in [0.1, 0.15) is 49.9 Å². The number of halogens is 1. The summed E-state index contributed by atoms with van der Waals surface area (Å²) in [5.41, 5.74) is 1.06. The molecule has 4 nitrogen and oxygen atoms in total. The van der Waals surface area contributed by atoms with Gasteiger partial charge in [-0.05, 0) is 61.3 Å². The van der Waals surface area contributed by atoms with Gasteiger partial charge in [0.1, 0.15) is 6.04 Å². The highest BCUT2D eigenvalue weighted by atomic mass is 35.5. The van der Waals surface area contributed by atoms with Gasteiger partial charge in [0.2, 0.25) is 5.91 Å². The van der Waals surface area contributed by atoms with Crippen molar-refractivity contribution >= 4 is 23.4 Å². The van der Waals surface area contributed by atoms with Gasteiger partial charge in [-0.15, -0.1) is 0 Å². The van der Waals surface area contributed by atoms with Crippen LogP contribution < -0.4 is 5.32 Å². The third kappa shape index (κ3) is 3.75. The minimum Gasteiger partial charge on any atom is -0.341 e. The van der Waals surface area contributed by atoms with Gasteiger partial charge in [-0.25, -0.2) is 0 Å². The summed E-state index contributed by atoms with van der Waals surface area (Å²) in [6, 6.07) is 6.24. The molecule has 1 aromatic carbocycles. The molecule has 130 valence electrons. The van der Waals surface area contributed by atoms with E-state index in [1.54, 1.807) is 24.3 Å². The zero-order chi connectivity index (χ0) is 17.3. The Kier molecular flexibility index (Phi) is 4.86. The molecule has 1 saturated carbocycles. The smallest absolute Gasteiger partial charge is 0.251 e. The van der Waals surface area contributed by atoms with Crippen LogP contribution in [0.5, 0.6) is 0 Å². The van der Waals surface area contributed by atoms with Crippen LogP contribution in [0, 0.1) is 11.3 Å². The molecule has 1 heterocycles. The van der Waals surface area contributed by atoms with E-state index < -0.39 is 6.04 Å². The number of carbonyl (C=O) groups is 2. The number of nitrogens with zero attached hydrogens (tertiary/aromatic N) is 1. The Labute approximate surface area is 148 Å². The minimum atomic E-state index is -0.485. The summed E-state index contributed by atoms with van der Waals surface area (Å²) in [6.45, 7) is 5.58. The average Bonchev–Trinajstić information content (AvgIpc) is 3.32. The highest BCUT2D eigenvalue weighted by molar-refractivity contribution is 6.30. The maximum atomic E-state index is 12.9. The average molecular weight is 349 g/mol. The van der Waals surface area contributed by atoms with E-state index in [9.17, 15) is 9.59 Å². The topological polar surface area (TPSA) is 49.4 Å². The first-order valence-corrected chi connectivity index (χ1v) is 9.13. The molecule has 1 N–H and O–H groups in total. The Balaban J connectivity index is 1.64. The van der Waals surface area contributed by atoms with Crippen LogP contribution in [-0.4, -0.2) is 35.8 Å². The van der Waals surface area contributed by atoms with Gasteiger partial charge in [-0.3, -0.25) is 9.59 Å². The number of rotatable bonds is 4. The summed E-state index contributed by atoms with van der Waals surface area (Å²) in [6.07, 6.45) is 4.84. The van der Waals surface area contributed by atoms with Crippen LogP contribution in [0.25, 0.3) is 0 Å². The Hall–Kier alpha value is -1.55. The summed E-state index contributed by atoms with van der Waals surface area (Å²) < 4.78 is 0. The molecule has 2 amide bonds. The van der Waals surface area contributed by atoms with E-state index in [1.165, 1.54) is 12.8 Å². The van der Waals surface area contributed by atoms with E-state index >= 15 is 0 Å². The largest absolute Gasteiger partial charge is 0.341 e. The van der Waals surface area contributed by atoms with E-state index in [4.69, 9.17) is 11.6 Å². The van der Waals surface area contributed by atoms with Crippen molar-refractivity contribution in [2.45, 2.75) is 45.6 Å². The van der Waals surface area contributed by atoms with Crippen LogP contribution in [0.3, 0.4) is 0 Å². The van der Waals surface area contributed by atoms with Crippen LogP contribution >= 0.6 is 11.6 Å². The van der Waals surface area contributed by atoms with Crippen molar-refractivity contribution in [2.75, 3.05) is 13.1 Å². The molecule has 0 aromatic heterocycles. The first-order valence-electron chi connectivity index (χ1n) is 8.75. The molecule has 1 aliphatic carbocycles. The molecule has 1 atom stereocenters. The third-order valence-corrected chi connectivity index (χ3v) is 5.67. The predicted octanol–water partition coefficient (Wildman–Crippen LogP) is 3.50. The molecule has 24 heavy (non-hydrogen) atoms. The van der Waals surface area contributed by atoms with Crippen LogP contribution in [0.2, 0.25) is 5.02 Å². The third-order valence-electron chi connectivity index (χ3n) is 5.42. The van der Waals surface area contributed by atoms with Gasteiger partial charge in [0.15, 0.2) is 0 Å². The molecule has 3 rings (SSSR count). The zero-order valence-electron chi connectivity index (χ0n) is 14.3. The van der Waals surface area contributed by atoms with E-state index in [2.05, 4.69) is 5.32 Å². The minimum absolute atomic E-state index is 0.0443. The zero-order valence-corrected chi connectivity index (χ0v) is 15.1. The first kappa shape index (κ1) is 17.3. The van der Waals surface area contributed by atoms with Crippen LogP contribution in [0.4, 0.5) is 0 Å². The number of piperidine rings is 1. The van der Waals surface area contributed by atoms with Gasteiger partial charge < -0.3 is 10.2 Å². The first-order chi connectivity index (χ1) is 11.4. The second kappa shape index (κ2) is 6.75. The van der Waals surface area contributed by atoms with Crippen molar-refractivity contribution in [1.29, 1.82) is 0 Å². The molecule has 1 unspecified atom stereocenters. The lowest BCUT2D eigenvalue weighted by Gasteiger charge is -2.35. The van der Waals surface area contributed by atoms with Gasteiger partial charge >= 0.3 is 0 Å². The molecule has 1 saturated heterocycles. The van der Waals surface area contributed by atoms with E-state index in [0.717, 1.165) is 25.9 Å². The molecule has 2 fully saturated rings. The molecule has 1 spiro atoms. The monoisotopic (exact) mass is 348 g/mol. The lowest BCUT2D eigenvalue weighted by molar-refractivity contribution is -0.135. The molecular formula is C19H25ClN2O2. The second-order valence-corrected chi connectivity index (χ2v) is 7.96. The Morgan fingerprint density at radius 2 is 1.67 bits per heavy atom. The summed E-state index contributed by atoms with van der Waals surface area (Å²) in [5.74, 6) is -0.136. The number of carbonyl (C=O) groups excluding carboxylic acids is 2. The van der Waals surface area contributed by atoms with Gasteiger partial charge in [-0.2, -0.15) is 0 Å². The van der Waals surface area contributed by atoms with Gasteiger partial charge in [0.25, 0.3) is 5.91 Å². The van der Waals surface area contributed by atoms with E-state index in [-0.39, 0.29) is 17.7 Å². The second-order valence-electron chi connectivity index (χ2n) is 7.53. The Morgan fingerprint density at radius 1 is 1.08 bits per heavy atom. The molecule has 1 aliphatic heterocycles. The van der Waals surface area contributed by atoms with Crippen molar-refractivity contribution in [3.63, 3.8) is 0 Å². The number of amides is 2. The van der Waals surface area contributed by atoms with Crippen molar-refractivity contribution in [3.8, 4) is 0 Å². The van der Waals surface area contributed by atoms with Crippen molar-refractivity contribution in [2.24, 2.45) is 11.3 Å². The SMILES string of the molecule is CC(C)C(NC(=O)c1ccc(Cl)cc1)C(=O)N1CCC2(CC1)CC2. The lowest BCUT2D eigenvalue weighted by Crippen LogP contribution is -2.53. The fourth-order valence-corrected chi connectivity index (χ4v) is 3.54. The summed E-state index contributed by atoms with van der Waals surface area (Å²) in [5, 5.41) is 3.50. The van der Waals surface area contributed by atoms with E-state index in [0.29, 0.717) is 16.0 Å². The Bertz CT molecular complexity index is 613. The van der Waals surface area contributed by atoms with Crippen molar-refractivity contribution in [1.82, 2.24) is 10.2 Å². The predicted molar refractivity (Wildman–Crippen MR) is 95.0 cm³/mol. The van der Waals surface area contributed by atoms with Gasteiger partial charge in [-0.1, -0.05) is 25.4 Å².